The third-order valence-corrected chi connectivity index (χ3v) is 5.67. The molecule has 1 aliphatic heterocycles. The predicted molar refractivity (Wildman–Crippen MR) is 92.9 cm³/mol. The fourth-order valence-electron chi connectivity index (χ4n) is 2.34. The lowest BCUT2D eigenvalue weighted by Gasteiger charge is -2.23. The van der Waals surface area contributed by atoms with E-state index in [0.717, 1.165) is 23.7 Å². The molecular weight excluding hydrogens is 316 g/mol. The zero-order valence-corrected chi connectivity index (χ0v) is 14.0. The average Bonchev–Trinajstić information content (AvgIpc) is 3.20. The number of ether oxygens (including phenoxy) is 1. The molecule has 0 radical (unpaired) electrons. The Morgan fingerprint density at radius 2 is 2.18 bits per heavy atom. The smallest absolute Gasteiger partial charge is 0.323 e. The van der Waals surface area contributed by atoms with Crippen molar-refractivity contribution in [2.75, 3.05) is 24.2 Å². The molecule has 0 spiro atoms. The summed E-state index contributed by atoms with van der Waals surface area (Å²) in [6, 6.07) is 11.5. The van der Waals surface area contributed by atoms with Crippen molar-refractivity contribution in [2.45, 2.75) is 12.3 Å². The van der Waals surface area contributed by atoms with Crippen molar-refractivity contribution in [3.8, 4) is 5.75 Å². The van der Waals surface area contributed by atoms with Crippen LogP contribution in [0.25, 0.3) is 0 Å². The van der Waals surface area contributed by atoms with Crippen LogP contribution in [-0.2, 0) is 0 Å². The summed E-state index contributed by atoms with van der Waals surface area (Å²) >= 11 is 3.51. The van der Waals surface area contributed by atoms with Crippen molar-refractivity contribution in [3.63, 3.8) is 0 Å². The van der Waals surface area contributed by atoms with Crippen LogP contribution in [0.3, 0.4) is 0 Å². The summed E-state index contributed by atoms with van der Waals surface area (Å²) in [6.45, 7) is 3.36. The lowest BCUT2D eigenvalue weighted by molar-refractivity contribution is 0.215. The van der Waals surface area contributed by atoms with Gasteiger partial charge in [0.25, 0.3) is 0 Å². The highest BCUT2D eigenvalue weighted by Gasteiger charge is 2.31. The van der Waals surface area contributed by atoms with E-state index < -0.39 is 0 Å². The Bertz CT molecular complexity index is 614. The first-order chi connectivity index (χ1) is 10.8. The summed E-state index contributed by atoms with van der Waals surface area (Å²) in [5, 5.41) is 5.15. The summed E-state index contributed by atoms with van der Waals surface area (Å²) < 4.78 is 5.41. The van der Waals surface area contributed by atoms with Crippen LogP contribution in [0.1, 0.15) is 17.2 Å². The van der Waals surface area contributed by atoms with Crippen LogP contribution in [-0.4, -0.2) is 29.8 Å². The molecule has 1 aliphatic rings. The van der Waals surface area contributed by atoms with Crippen LogP contribution in [0.4, 0.5) is 10.5 Å². The van der Waals surface area contributed by atoms with Crippen LogP contribution in [0, 0.1) is 0 Å². The molecule has 1 atom stereocenters. The standard InChI is InChI=1S/C16H18N2O2S2/c1-2-20-13-7-5-12(6-8-13)17-16(19)18-9-11-22-15(18)14-4-3-10-21-14/h3-8,10,15H,2,9,11H2,1H3,(H,17,19)/t15-/m1/s1. The van der Waals surface area contributed by atoms with Gasteiger partial charge in [0.2, 0.25) is 0 Å². The Hall–Kier alpha value is -1.66. The van der Waals surface area contributed by atoms with Crippen molar-refractivity contribution in [2.24, 2.45) is 0 Å². The van der Waals surface area contributed by atoms with E-state index in [-0.39, 0.29) is 11.4 Å². The highest BCUT2D eigenvalue weighted by molar-refractivity contribution is 7.99. The van der Waals surface area contributed by atoms with E-state index in [4.69, 9.17) is 4.74 Å². The number of carbonyl (C=O) groups excluding carboxylic acids is 1. The number of anilines is 1. The van der Waals surface area contributed by atoms with Crippen LogP contribution >= 0.6 is 23.1 Å². The Labute approximate surface area is 138 Å². The molecule has 0 unspecified atom stereocenters. The van der Waals surface area contributed by atoms with E-state index in [9.17, 15) is 4.79 Å². The van der Waals surface area contributed by atoms with Crippen molar-refractivity contribution < 1.29 is 9.53 Å². The molecule has 6 heteroatoms. The zero-order valence-electron chi connectivity index (χ0n) is 12.3. The number of nitrogens with one attached hydrogen (secondary N) is 1. The zero-order chi connectivity index (χ0) is 15.4. The molecule has 3 rings (SSSR count). The summed E-state index contributed by atoms with van der Waals surface area (Å²) in [5.74, 6) is 1.79. The second-order valence-corrected chi connectivity index (χ2v) is 6.99. The van der Waals surface area contributed by atoms with Crippen molar-refractivity contribution in [1.29, 1.82) is 0 Å². The topological polar surface area (TPSA) is 41.6 Å². The lowest BCUT2D eigenvalue weighted by atomic mass is 10.3. The molecule has 2 amide bonds. The minimum atomic E-state index is -0.0486. The van der Waals surface area contributed by atoms with E-state index in [1.165, 1.54) is 4.88 Å². The third kappa shape index (κ3) is 3.39. The maximum atomic E-state index is 12.5. The van der Waals surface area contributed by atoms with Gasteiger partial charge in [0.15, 0.2) is 0 Å². The third-order valence-electron chi connectivity index (χ3n) is 3.36. The molecule has 2 heterocycles. The molecule has 1 saturated heterocycles. The first kappa shape index (κ1) is 15.2. The number of thioether (sulfide) groups is 1. The maximum absolute atomic E-state index is 12.5. The summed E-state index contributed by atoms with van der Waals surface area (Å²) in [7, 11) is 0. The van der Waals surface area contributed by atoms with Gasteiger partial charge < -0.3 is 15.0 Å². The molecule has 1 N–H and O–H groups in total. The number of carbonyl (C=O) groups is 1. The normalized spacial score (nSPS) is 17.5. The number of amides is 2. The maximum Gasteiger partial charge on any atom is 0.323 e. The quantitative estimate of drug-likeness (QED) is 0.899. The molecule has 0 saturated carbocycles. The number of benzene rings is 1. The number of hydrogen-bond acceptors (Lipinski definition) is 4. The molecular formula is C16H18N2O2S2. The number of urea groups is 1. The van der Waals surface area contributed by atoms with Gasteiger partial charge in [0.1, 0.15) is 11.1 Å². The van der Waals surface area contributed by atoms with Crippen LogP contribution in [0.2, 0.25) is 0 Å². The summed E-state index contributed by atoms with van der Waals surface area (Å²) in [6.07, 6.45) is 0. The van der Waals surface area contributed by atoms with E-state index in [1.54, 1.807) is 11.3 Å². The predicted octanol–water partition coefficient (Wildman–Crippen LogP) is 4.43. The van der Waals surface area contributed by atoms with Gasteiger partial charge in [-0.05, 0) is 42.6 Å². The molecule has 116 valence electrons. The van der Waals surface area contributed by atoms with Gasteiger partial charge in [0.05, 0.1) is 6.61 Å². The monoisotopic (exact) mass is 334 g/mol. The SMILES string of the molecule is CCOc1ccc(NC(=O)N2CCS[C@@H]2c2cccs2)cc1. The minimum Gasteiger partial charge on any atom is -0.494 e. The van der Waals surface area contributed by atoms with Gasteiger partial charge in [0, 0.05) is 22.9 Å². The van der Waals surface area contributed by atoms with Gasteiger partial charge in [-0.15, -0.1) is 23.1 Å². The van der Waals surface area contributed by atoms with Crippen molar-refractivity contribution in [1.82, 2.24) is 4.90 Å². The summed E-state index contributed by atoms with van der Waals surface area (Å²) in [5.41, 5.74) is 0.787. The molecule has 22 heavy (non-hydrogen) atoms. The number of hydrogen-bond donors (Lipinski definition) is 1. The highest BCUT2D eigenvalue weighted by atomic mass is 32.2. The molecule has 1 aromatic heterocycles. The Balaban J connectivity index is 1.66. The first-order valence-corrected chi connectivity index (χ1v) is 9.16. The second-order valence-electron chi connectivity index (χ2n) is 4.82. The van der Waals surface area contributed by atoms with Crippen molar-refractivity contribution in [3.05, 3.63) is 46.7 Å². The van der Waals surface area contributed by atoms with Gasteiger partial charge in [-0.25, -0.2) is 4.79 Å². The first-order valence-electron chi connectivity index (χ1n) is 7.23. The molecule has 1 fully saturated rings. The van der Waals surface area contributed by atoms with Gasteiger partial charge in [-0.2, -0.15) is 0 Å². The van der Waals surface area contributed by atoms with Gasteiger partial charge >= 0.3 is 6.03 Å². The van der Waals surface area contributed by atoms with E-state index in [1.807, 2.05) is 53.9 Å². The Kier molecular flexibility index (Phi) is 4.90. The Morgan fingerprint density at radius 3 is 2.86 bits per heavy atom. The van der Waals surface area contributed by atoms with Crippen LogP contribution in [0.5, 0.6) is 5.75 Å². The fraction of sp³-hybridized carbons (Fsp3) is 0.312. The summed E-state index contributed by atoms with van der Waals surface area (Å²) in [4.78, 5) is 15.6. The fourth-order valence-corrected chi connectivity index (χ4v) is 4.58. The number of nitrogens with zero attached hydrogens (tertiary/aromatic N) is 1. The largest absolute Gasteiger partial charge is 0.494 e. The van der Waals surface area contributed by atoms with Gasteiger partial charge in [-0.1, -0.05) is 6.07 Å². The van der Waals surface area contributed by atoms with Crippen LogP contribution in [0.15, 0.2) is 41.8 Å². The van der Waals surface area contributed by atoms with Crippen molar-refractivity contribution >= 4 is 34.8 Å². The van der Waals surface area contributed by atoms with E-state index in [0.29, 0.717) is 6.61 Å². The average molecular weight is 334 g/mol. The molecule has 4 nitrogen and oxygen atoms in total. The highest BCUT2D eigenvalue weighted by Crippen LogP contribution is 2.40. The van der Waals surface area contributed by atoms with Crippen LogP contribution < -0.4 is 10.1 Å². The van der Waals surface area contributed by atoms with Gasteiger partial charge in [-0.3, -0.25) is 0 Å². The molecule has 0 bridgehead atoms. The minimum absolute atomic E-state index is 0.0486. The van der Waals surface area contributed by atoms with E-state index in [2.05, 4.69) is 16.8 Å². The molecule has 1 aromatic carbocycles. The Morgan fingerprint density at radius 1 is 1.36 bits per heavy atom. The lowest BCUT2D eigenvalue weighted by Crippen LogP contribution is -2.34. The number of thiophene rings is 1. The second kappa shape index (κ2) is 7.07. The number of rotatable bonds is 4. The van der Waals surface area contributed by atoms with E-state index >= 15 is 0 Å². The molecule has 0 aliphatic carbocycles. The molecule has 2 aromatic rings.